The van der Waals surface area contributed by atoms with Crippen LogP contribution in [0.15, 0.2) is 52.2 Å². The predicted molar refractivity (Wildman–Crippen MR) is 99.2 cm³/mol. The van der Waals surface area contributed by atoms with Crippen LogP contribution in [-0.2, 0) is 4.79 Å². The van der Waals surface area contributed by atoms with Gasteiger partial charge < -0.3 is 0 Å². The first kappa shape index (κ1) is 17.0. The molecule has 0 radical (unpaired) electrons. The van der Waals surface area contributed by atoms with Gasteiger partial charge in [0.2, 0.25) is 11.0 Å². The summed E-state index contributed by atoms with van der Waals surface area (Å²) in [6.07, 6.45) is 3.61. The fourth-order valence-corrected chi connectivity index (χ4v) is 4.35. The van der Waals surface area contributed by atoms with E-state index in [-0.39, 0.29) is 11.7 Å². The van der Waals surface area contributed by atoms with Crippen LogP contribution in [0.2, 0.25) is 0 Å². The number of nitrogens with zero attached hydrogens (tertiary/aromatic N) is 4. The van der Waals surface area contributed by atoms with Crippen molar-refractivity contribution in [3.8, 4) is 5.69 Å². The number of hydrogen-bond donors (Lipinski definition) is 1. The number of thioether (sulfide) groups is 2. The van der Waals surface area contributed by atoms with Crippen LogP contribution >= 0.6 is 34.9 Å². The summed E-state index contributed by atoms with van der Waals surface area (Å²) >= 11 is 4.38. The number of carbonyl (C=O) groups is 1. The van der Waals surface area contributed by atoms with E-state index < -0.39 is 0 Å². The summed E-state index contributed by atoms with van der Waals surface area (Å²) < 4.78 is 2.82. The van der Waals surface area contributed by atoms with Crippen LogP contribution in [0.25, 0.3) is 5.69 Å². The van der Waals surface area contributed by atoms with E-state index in [4.69, 9.17) is 0 Å². The zero-order valence-corrected chi connectivity index (χ0v) is 15.3. The van der Waals surface area contributed by atoms with Gasteiger partial charge in [-0.25, -0.2) is 4.98 Å². The third kappa shape index (κ3) is 4.37. The molecule has 0 saturated carbocycles. The maximum absolute atomic E-state index is 12.1. The van der Waals surface area contributed by atoms with E-state index in [2.05, 4.69) is 27.4 Å². The van der Waals surface area contributed by atoms with Crippen LogP contribution in [0, 0.1) is 0 Å². The van der Waals surface area contributed by atoms with Gasteiger partial charge in [-0.05, 0) is 17.9 Å². The topological polar surface area (TPSA) is 72.7 Å². The average Bonchev–Trinajstić information content (AvgIpc) is 3.23. The van der Waals surface area contributed by atoms with E-state index >= 15 is 0 Å². The van der Waals surface area contributed by atoms with Gasteiger partial charge in [0, 0.05) is 18.1 Å². The zero-order chi connectivity index (χ0) is 16.8. The SMILES string of the molecule is CCSc1nnc(NC(=O)CSc2nccn2-c2ccccc2)s1. The van der Waals surface area contributed by atoms with Gasteiger partial charge in [0.05, 0.1) is 5.75 Å². The number of hydrogen-bond acceptors (Lipinski definition) is 7. The number of carbonyl (C=O) groups excluding carboxylic acids is 1. The van der Waals surface area contributed by atoms with Crippen molar-refractivity contribution < 1.29 is 4.79 Å². The molecule has 9 heteroatoms. The molecule has 0 aliphatic rings. The van der Waals surface area contributed by atoms with Crippen LogP contribution in [0.1, 0.15) is 6.92 Å². The van der Waals surface area contributed by atoms with Gasteiger partial charge in [0.25, 0.3) is 0 Å². The summed E-state index contributed by atoms with van der Waals surface area (Å²) in [5, 5.41) is 12.1. The fraction of sp³-hybridized carbons (Fsp3) is 0.200. The van der Waals surface area contributed by atoms with Crippen molar-refractivity contribution >= 4 is 45.9 Å². The maximum Gasteiger partial charge on any atom is 0.236 e. The number of amides is 1. The molecule has 1 aromatic carbocycles. The number of imidazole rings is 1. The van der Waals surface area contributed by atoms with Crippen molar-refractivity contribution in [3.05, 3.63) is 42.7 Å². The highest BCUT2D eigenvalue weighted by molar-refractivity contribution is 8.01. The molecule has 6 nitrogen and oxygen atoms in total. The van der Waals surface area contributed by atoms with Crippen molar-refractivity contribution in [1.29, 1.82) is 0 Å². The largest absolute Gasteiger partial charge is 0.300 e. The number of aromatic nitrogens is 4. The molecule has 0 spiro atoms. The van der Waals surface area contributed by atoms with Gasteiger partial charge in [-0.1, -0.05) is 60.0 Å². The molecular formula is C15H15N5OS3. The monoisotopic (exact) mass is 377 g/mol. The number of anilines is 1. The van der Waals surface area contributed by atoms with Gasteiger partial charge in [-0.3, -0.25) is 14.7 Å². The molecule has 3 rings (SSSR count). The van der Waals surface area contributed by atoms with Gasteiger partial charge in [0.1, 0.15) is 0 Å². The highest BCUT2D eigenvalue weighted by Gasteiger charge is 2.11. The van der Waals surface area contributed by atoms with Crippen LogP contribution in [-0.4, -0.2) is 37.2 Å². The lowest BCUT2D eigenvalue weighted by molar-refractivity contribution is -0.113. The van der Waals surface area contributed by atoms with E-state index in [0.29, 0.717) is 5.13 Å². The molecule has 2 aromatic heterocycles. The van der Waals surface area contributed by atoms with Crippen LogP contribution in [0.5, 0.6) is 0 Å². The van der Waals surface area contributed by atoms with Crippen LogP contribution < -0.4 is 5.32 Å². The second-order valence-corrected chi connectivity index (χ2v) is 7.99. The number of para-hydroxylation sites is 1. The first-order valence-electron chi connectivity index (χ1n) is 7.24. The van der Waals surface area contributed by atoms with E-state index in [1.54, 1.807) is 18.0 Å². The molecule has 0 atom stereocenters. The Hall–Kier alpha value is -1.84. The zero-order valence-electron chi connectivity index (χ0n) is 12.9. The highest BCUT2D eigenvalue weighted by atomic mass is 32.2. The highest BCUT2D eigenvalue weighted by Crippen LogP contribution is 2.25. The summed E-state index contributed by atoms with van der Waals surface area (Å²) in [7, 11) is 0. The minimum Gasteiger partial charge on any atom is -0.300 e. The predicted octanol–water partition coefficient (Wildman–Crippen LogP) is 3.57. The first-order chi connectivity index (χ1) is 11.8. The van der Waals surface area contributed by atoms with Gasteiger partial charge in [-0.15, -0.1) is 10.2 Å². The molecule has 24 heavy (non-hydrogen) atoms. The summed E-state index contributed by atoms with van der Waals surface area (Å²) in [6.45, 7) is 2.05. The van der Waals surface area contributed by atoms with E-state index in [9.17, 15) is 4.79 Å². The van der Waals surface area contributed by atoms with Crippen molar-refractivity contribution in [2.24, 2.45) is 0 Å². The Kier molecular flexibility index (Phi) is 5.89. The van der Waals surface area contributed by atoms with Gasteiger partial charge >= 0.3 is 0 Å². The Morgan fingerprint density at radius 3 is 2.88 bits per heavy atom. The van der Waals surface area contributed by atoms with E-state index in [1.165, 1.54) is 23.1 Å². The molecule has 1 amide bonds. The van der Waals surface area contributed by atoms with Gasteiger partial charge in [0.15, 0.2) is 9.50 Å². The molecule has 2 heterocycles. The molecule has 0 aliphatic heterocycles. The molecular weight excluding hydrogens is 362 g/mol. The minimum absolute atomic E-state index is 0.119. The quantitative estimate of drug-likeness (QED) is 0.501. The molecule has 0 saturated heterocycles. The van der Waals surface area contributed by atoms with Gasteiger partial charge in [-0.2, -0.15) is 0 Å². The van der Waals surface area contributed by atoms with E-state index in [0.717, 1.165) is 20.9 Å². The van der Waals surface area contributed by atoms with Crippen molar-refractivity contribution in [2.45, 2.75) is 16.4 Å². The molecule has 3 aromatic rings. The standard InChI is InChI=1S/C15H15N5OS3/c1-2-22-15-19-18-13(24-15)17-12(21)10-23-14-16-8-9-20(14)11-6-4-3-5-7-11/h3-9H,2,10H2,1H3,(H,17,18,21). The average molecular weight is 378 g/mol. The summed E-state index contributed by atoms with van der Waals surface area (Å²) in [5.74, 6) is 1.08. The Morgan fingerprint density at radius 2 is 2.08 bits per heavy atom. The van der Waals surface area contributed by atoms with Crippen LogP contribution in [0.3, 0.4) is 0 Å². The lowest BCUT2D eigenvalue weighted by atomic mass is 10.3. The van der Waals surface area contributed by atoms with Crippen molar-refractivity contribution in [2.75, 3.05) is 16.8 Å². The Morgan fingerprint density at radius 1 is 1.25 bits per heavy atom. The molecule has 1 N–H and O–H groups in total. The first-order valence-corrected chi connectivity index (χ1v) is 10.0. The summed E-state index contributed by atoms with van der Waals surface area (Å²) in [6, 6.07) is 9.91. The Bertz CT molecular complexity index is 802. The van der Waals surface area contributed by atoms with Crippen molar-refractivity contribution in [3.63, 3.8) is 0 Å². The number of benzene rings is 1. The third-order valence-corrected chi connectivity index (χ3v) is 5.72. The third-order valence-electron chi connectivity index (χ3n) is 2.89. The smallest absolute Gasteiger partial charge is 0.236 e. The molecule has 0 fully saturated rings. The second-order valence-electron chi connectivity index (χ2n) is 4.56. The fourth-order valence-electron chi connectivity index (χ4n) is 1.91. The molecule has 124 valence electrons. The summed E-state index contributed by atoms with van der Waals surface area (Å²) in [5.41, 5.74) is 1.02. The lowest BCUT2D eigenvalue weighted by Gasteiger charge is -2.06. The Balaban J connectivity index is 1.58. The number of nitrogens with one attached hydrogen (secondary N) is 1. The molecule has 0 unspecified atom stereocenters. The second kappa shape index (κ2) is 8.32. The summed E-state index contributed by atoms with van der Waals surface area (Å²) in [4.78, 5) is 16.4. The molecule has 0 aliphatic carbocycles. The number of rotatable bonds is 7. The lowest BCUT2D eigenvalue weighted by Crippen LogP contribution is -2.14. The Labute approximate surface area is 152 Å². The van der Waals surface area contributed by atoms with Crippen molar-refractivity contribution in [1.82, 2.24) is 19.7 Å². The molecule has 0 bridgehead atoms. The van der Waals surface area contributed by atoms with E-state index in [1.807, 2.05) is 41.1 Å². The normalized spacial score (nSPS) is 10.7. The minimum atomic E-state index is -0.119. The maximum atomic E-state index is 12.1. The van der Waals surface area contributed by atoms with Crippen LogP contribution in [0.4, 0.5) is 5.13 Å².